The molecule has 0 saturated carbocycles. The lowest BCUT2D eigenvalue weighted by Gasteiger charge is -2.15. The zero-order valence-electron chi connectivity index (χ0n) is 17.8. The van der Waals surface area contributed by atoms with Gasteiger partial charge >= 0.3 is 0 Å². The number of rotatable bonds is 6. The molecule has 0 saturated heterocycles. The molecule has 0 aliphatic carbocycles. The van der Waals surface area contributed by atoms with Crippen molar-refractivity contribution in [2.75, 3.05) is 10.5 Å². The van der Waals surface area contributed by atoms with Gasteiger partial charge in [0, 0.05) is 43.2 Å². The summed E-state index contributed by atoms with van der Waals surface area (Å²) in [5.74, 6) is -1.92. The van der Waals surface area contributed by atoms with Crippen LogP contribution in [0.1, 0.15) is 6.92 Å². The van der Waals surface area contributed by atoms with Gasteiger partial charge in [0.25, 0.3) is 5.56 Å². The first kappa shape index (κ1) is 22.4. The van der Waals surface area contributed by atoms with Crippen LogP contribution in [-0.2, 0) is 24.1 Å². The van der Waals surface area contributed by atoms with Gasteiger partial charge in [-0.05, 0) is 37.3 Å². The largest absolute Gasteiger partial charge is 0.454 e. The third-order valence-electron chi connectivity index (χ3n) is 4.85. The Balaban J connectivity index is 1.95. The van der Waals surface area contributed by atoms with E-state index in [0.717, 1.165) is 12.1 Å². The Labute approximate surface area is 187 Å². The Kier molecular flexibility index (Phi) is 5.62. The summed E-state index contributed by atoms with van der Waals surface area (Å²) >= 11 is 0. The SMILES string of the molecule is CCS(=O)(=O)Nc1ccc(Oc2ccc(F)cc2F)c(-c2cn(C)c(=O)c3nn(C)nc23)c1. The Hall–Kier alpha value is -3.80. The average Bonchev–Trinajstić information content (AvgIpc) is 3.15. The van der Waals surface area contributed by atoms with E-state index in [1.165, 1.54) is 47.7 Å². The minimum absolute atomic E-state index is 0.0935. The van der Waals surface area contributed by atoms with Crippen LogP contribution in [0.15, 0.2) is 47.4 Å². The second kappa shape index (κ2) is 8.28. The van der Waals surface area contributed by atoms with Gasteiger partial charge in [-0.2, -0.15) is 9.90 Å². The van der Waals surface area contributed by atoms with Crippen molar-refractivity contribution in [3.05, 3.63) is 64.6 Å². The molecule has 33 heavy (non-hydrogen) atoms. The topological polar surface area (TPSA) is 108 Å². The average molecular weight is 475 g/mol. The molecule has 9 nitrogen and oxygen atoms in total. The number of ether oxygens (including phenoxy) is 1. The summed E-state index contributed by atoms with van der Waals surface area (Å²) in [6.45, 7) is 1.49. The van der Waals surface area contributed by atoms with Crippen LogP contribution in [0.25, 0.3) is 22.2 Å². The zero-order valence-corrected chi connectivity index (χ0v) is 18.7. The van der Waals surface area contributed by atoms with Gasteiger partial charge in [-0.1, -0.05) is 0 Å². The van der Waals surface area contributed by atoms with E-state index in [4.69, 9.17) is 4.74 Å². The molecule has 2 heterocycles. The Morgan fingerprint density at radius 2 is 1.70 bits per heavy atom. The van der Waals surface area contributed by atoms with E-state index in [9.17, 15) is 22.0 Å². The molecule has 0 amide bonds. The highest BCUT2D eigenvalue weighted by molar-refractivity contribution is 7.92. The van der Waals surface area contributed by atoms with Crippen molar-refractivity contribution in [1.29, 1.82) is 0 Å². The molecular formula is C21H19F2N5O4S. The number of aryl methyl sites for hydroxylation is 2. The van der Waals surface area contributed by atoms with Crippen LogP contribution in [-0.4, -0.2) is 33.7 Å². The minimum Gasteiger partial charge on any atom is -0.454 e. The fraction of sp³-hybridized carbons (Fsp3) is 0.190. The molecule has 1 N–H and O–H groups in total. The van der Waals surface area contributed by atoms with Crippen LogP contribution in [0.2, 0.25) is 0 Å². The molecule has 0 spiro atoms. The lowest BCUT2D eigenvalue weighted by atomic mass is 10.0. The number of benzene rings is 2. The molecule has 2 aromatic heterocycles. The summed E-state index contributed by atoms with van der Waals surface area (Å²) in [4.78, 5) is 13.7. The molecule has 4 aromatic rings. The molecule has 0 aliphatic rings. The number of nitrogens with one attached hydrogen (secondary N) is 1. The summed E-state index contributed by atoms with van der Waals surface area (Å²) < 4.78 is 61.2. The fourth-order valence-electron chi connectivity index (χ4n) is 3.23. The van der Waals surface area contributed by atoms with Crippen molar-refractivity contribution in [3.8, 4) is 22.6 Å². The number of hydrogen-bond donors (Lipinski definition) is 1. The van der Waals surface area contributed by atoms with E-state index in [1.54, 1.807) is 7.05 Å². The maximum Gasteiger partial charge on any atom is 0.280 e. The monoisotopic (exact) mass is 475 g/mol. The predicted molar refractivity (Wildman–Crippen MR) is 119 cm³/mol. The highest BCUT2D eigenvalue weighted by Crippen LogP contribution is 2.38. The highest BCUT2D eigenvalue weighted by atomic mass is 32.2. The van der Waals surface area contributed by atoms with Gasteiger partial charge in [0.05, 0.1) is 5.75 Å². The first-order chi connectivity index (χ1) is 15.6. The molecule has 0 bridgehead atoms. The van der Waals surface area contributed by atoms with Crippen LogP contribution in [0.3, 0.4) is 0 Å². The number of halogens is 2. The van der Waals surface area contributed by atoms with E-state index < -0.39 is 21.7 Å². The molecule has 0 radical (unpaired) electrons. The van der Waals surface area contributed by atoms with Crippen LogP contribution >= 0.6 is 0 Å². The smallest absolute Gasteiger partial charge is 0.280 e. The van der Waals surface area contributed by atoms with Gasteiger partial charge in [-0.15, -0.1) is 5.10 Å². The maximum atomic E-state index is 14.3. The van der Waals surface area contributed by atoms with Crippen molar-refractivity contribution >= 4 is 26.7 Å². The third kappa shape index (κ3) is 4.42. The van der Waals surface area contributed by atoms with Gasteiger partial charge in [-0.3, -0.25) is 9.52 Å². The second-order valence-electron chi connectivity index (χ2n) is 7.24. The molecular weight excluding hydrogens is 456 g/mol. The quantitative estimate of drug-likeness (QED) is 0.459. The van der Waals surface area contributed by atoms with Crippen molar-refractivity contribution in [2.45, 2.75) is 6.92 Å². The Morgan fingerprint density at radius 3 is 2.39 bits per heavy atom. The number of aromatic nitrogens is 4. The summed E-state index contributed by atoms with van der Waals surface area (Å²) in [6.07, 6.45) is 1.50. The molecule has 172 valence electrons. The van der Waals surface area contributed by atoms with Gasteiger partial charge in [0.2, 0.25) is 10.0 Å². The van der Waals surface area contributed by atoms with Crippen molar-refractivity contribution < 1.29 is 21.9 Å². The fourth-order valence-corrected chi connectivity index (χ4v) is 3.86. The van der Waals surface area contributed by atoms with Crippen LogP contribution in [0.5, 0.6) is 11.5 Å². The lowest BCUT2D eigenvalue weighted by Crippen LogP contribution is -2.17. The van der Waals surface area contributed by atoms with Crippen LogP contribution in [0, 0.1) is 11.6 Å². The summed E-state index contributed by atoms with van der Waals surface area (Å²) in [5, 5.41) is 8.37. The van der Waals surface area contributed by atoms with E-state index >= 15 is 0 Å². The van der Waals surface area contributed by atoms with E-state index in [2.05, 4.69) is 14.9 Å². The number of anilines is 1. The van der Waals surface area contributed by atoms with Gasteiger partial charge in [0.1, 0.15) is 17.1 Å². The van der Waals surface area contributed by atoms with Crippen molar-refractivity contribution in [1.82, 2.24) is 19.6 Å². The first-order valence-electron chi connectivity index (χ1n) is 9.76. The lowest BCUT2D eigenvalue weighted by molar-refractivity contribution is 0.439. The number of fused-ring (bicyclic) bond motifs is 1. The number of pyridine rings is 1. The third-order valence-corrected chi connectivity index (χ3v) is 6.16. The molecule has 0 fully saturated rings. The zero-order chi connectivity index (χ0) is 23.9. The Bertz CT molecular complexity index is 1550. The molecule has 0 atom stereocenters. The first-order valence-corrected chi connectivity index (χ1v) is 11.4. The van der Waals surface area contributed by atoms with Crippen LogP contribution in [0.4, 0.5) is 14.5 Å². The second-order valence-corrected chi connectivity index (χ2v) is 9.25. The van der Waals surface area contributed by atoms with E-state index in [0.29, 0.717) is 17.2 Å². The minimum atomic E-state index is -3.59. The maximum absolute atomic E-state index is 14.3. The number of hydrogen-bond acceptors (Lipinski definition) is 6. The molecule has 4 rings (SSSR count). The number of nitrogens with zero attached hydrogens (tertiary/aromatic N) is 4. The van der Waals surface area contributed by atoms with Crippen molar-refractivity contribution in [2.24, 2.45) is 14.1 Å². The number of sulfonamides is 1. The van der Waals surface area contributed by atoms with Crippen molar-refractivity contribution in [3.63, 3.8) is 0 Å². The molecule has 2 aromatic carbocycles. The molecule has 0 unspecified atom stereocenters. The molecule has 12 heteroatoms. The standard InChI is InChI=1S/C21H19F2N5O4S/c1-4-33(30,31)26-13-6-8-17(32-18-7-5-12(22)9-16(18)23)14(10-13)15-11-27(2)21(29)20-19(15)24-28(3)25-20/h5-11,26H,4H2,1-3H3. The normalized spacial score (nSPS) is 11.7. The highest BCUT2D eigenvalue weighted by Gasteiger charge is 2.20. The van der Waals surface area contributed by atoms with Gasteiger partial charge in [-0.25, -0.2) is 17.2 Å². The van der Waals surface area contributed by atoms with E-state index in [-0.39, 0.29) is 39.5 Å². The summed E-state index contributed by atoms with van der Waals surface area (Å²) in [6, 6.07) is 7.25. The Morgan fingerprint density at radius 1 is 1.00 bits per heavy atom. The predicted octanol–water partition coefficient (Wildman–Crippen LogP) is 3.17. The molecule has 0 aliphatic heterocycles. The van der Waals surface area contributed by atoms with Crippen LogP contribution < -0.4 is 15.0 Å². The summed E-state index contributed by atoms with van der Waals surface area (Å²) in [5.41, 5.74) is 0.907. The van der Waals surface area contributed by atoms with Gasteiger partial charge < -0.3 is 9.30 Å². The summed E-state index contributed by atoms with van der Waals surface area (Å²) in [7, 11) is -0.500. The van der Waals surface area contributed by atoms with E-state index in [1.807, 2.05) is 0 Å². The van der Waals surface area contributed by atoms with Gasteiger partial charge in [0.15, 0.2) is 17.1 Å².